The van der Waals surface area contributed by atoms with Crippen molar-refractivity contribution in [2.45, 2.75) is 26.0 Å². The molecule has 2 aromatic heterocycles. The number of benzene rings is 6. The van der Waals surface area contributed by atoms with Crippen molar-refractivity contribution in [2.75, 3.05) is 24.3 Å². The third-order valence-corrected chi connectivity index (χ3v) is 10.8. The molecular weight excluding hydrogens is 781 g/mol. The third-order valence-electron chi connectivity index (χ3n) is 10.8. The molecule has 310 valence electrons. The lowest BCUT2D eigenvalue weighted by atomic mass is 9.97. The number of aryl methyl sites for hydroxylation is 1. The van der Waals surface area contributed by atoms with E-state index >= 15 is 0 Å². The number of H-pyrrole nitrogens is 1. The molecule has 8 aromatic rings. The van der Waals surface area contributed by atoms with Crippen LogP contribution < -0.4 is 32.0 Å². The fourth-order valence-corrected chi connectivity index (χ4v) is 7.66. The Kier molecular flexibility index (Phi) is 11.8. The van der Waals surface area contributed by atoms with Crippen LogP contribution in [0.4, 0.5) is 17.1 Å². The molecule has 1 atom stereocenters. The molecule has 0 fully saturated rings. The SMILES string of the molecule is COc1cccc(Nc2c(C(N)=O)cnc3c(C)cc(Cc4cccc(C(=O)Nc5ccc(-c6ccc(CNC[C@H](O)c7ccc(O)c8[nH]c(=O)ccc78)cc6)cc5)c4)cc23)c1. The number of aromatic hydroxyl groups is 1. The highest BCUT2D eigenvalue weighted by Crippen LogP contribution is 2.34. The van der Waals surface area contributed by atoms with Gasteiger partial charge in [0.15, 0.2) is 0 Å². The third kappa shape index (κ3) is 9.02. The Balaban J connectivity index is 0.900. The Morgan fingerprint density at radius 2 is 1.56 bits per heavy atom. The van der Waals surface area contributed by atoms with E-state index in [1.165, 1.54) is 18.3 Å². The minimum absolute atomic E-state index is 0.0508. The van der Waals surface area contributed by atoms with Gasteiger partial charge in [-0.2, -0.15) is 0 Å². The van der Waals surface area contributed by atoms with Crippen LogP contribution in [0.25, 0.3) is 32.9 Å². The second kappa shape index (κ2) is 17.8. The Hall–Kier alpha value is -7.80. The number of nitrogens with two attached hydrogens (primary N) is 1. The zero-order valence-electron chi connectivity index (χ0n) is 34.0. The van der Waals surface area contributed by atoms with E-state index in [4.69, 9.17) is 10.5 Å². The molecule has 0 unspecified atom stereocenters. The number of anilines is 3. The smallest absolute Gasteiger partial charge is 0.255 e. The van der Waals surface area contributed by atoms with Crippen LogP contribution >= 0.6 is 0 Å². The van der Waals surface area contributed by atoms with E-state index < -0.39 is 12.0 Å². The number of amides is 2. The number of fused-ring (bicyclic) bond motifs is 2. The summed E-state index contributed by atoms with van der Waals surface area (Å²) in [5, 5.41) is 32.1. The van der Waals surface area contributed by atoms with E-state index in [9.17, 15) is 24.6 Å². The Bertz CT molecular complexity index is 3020. The van der Waals surface area contributed by atoms with E-state index in [0.29, 0.717) is 52.1 Å². The average molecular weight is 825 g/mol. The lowest BCUT2D eigenvalue weighted by Gasteiger charge is -2.16. The van der Waals surface area contributed by atoms with Crippen molar-refractivity contribution in [3.63, 3.8) is 0 Å². The summed E-state index contributed by atoms with van der Waals surface area (Å²) in [6, 6.07) is 40.9. The lowest BCUT2D eigenvalue weighted by molar-refractivity contribution is 0.0998. The molecule has 0 aliphatic carbocycles. The normalized spacial score (nSPS) is 11.7. The van der Waals surface area contributed by atoms with Crippen LogP contribution in [0.1, 0.15) is 54.6 Å². The second-order valence-electron chi connectivity index (χ2n) is 15.1. The predicted molar refractivity (Wildman–Crippen MR) is 243 cm³/mol. The van der Waals surface area contributed by atoms with Gasteiger partial charge in [-0.05, 0) is 107 Å². The number of aromatic nitrogens is 2. The fraction of sp³-hybridized carbons (Fsp3) is 0.120. The fourth-order valence-electron chi connectivity index (χ4n) is 7.66. The molecule has 2 heterocycles. The molecule has 8 N–H and O–H groups in total. The summed E-state index contributed by atoms with van der Waals surface area (Å²) >= 11 is 0. The first kappa shape index (κ1) is 41.0. The van der Waals surface area contributed by atoms with Crippen LogP contribution in [0.15, 0.2) is 144 Å². The molecule has 62 heavy (non-hydrogen) atoms. The monoisotopic (exact) mass is 824 g/mol. The largest absolute Gasteiger partial charge is 0.506 e. The minimum atomic E-state index is -0.853. The van der Waals surface area contributed by atoms with Crippen LogP contribution in [0.3, 0.4) is 0 Å². The van der Waals surface area contributed by atoms with Crippen LogP contribution in [-0.2, 0) is 13.0 Å². The number of aliphatic hydroxyl groups is 1. The Morgan fingerprint density at radius 3 is 2.32 bits per heavy atom. The Labute approximate surface area is 357 Å². The van der Waals surface area contributed by atoms with Crippen molar-refractivity contribution in [3.05, 3.63) is 189 Å². The number of hydrogen-bond acceptors (Lipinski definition) is 9. The maximum atomic E-state index is 13.5. The molecule has 8 rings (SSSR count). The Morgan fingerprint density at radius 1 is 0.806 bits per heavy atom. The minimum Gasteiger partial charge on any atom is -0.506 e. The number of nitrogens with zero attached hydrogens (tertiary/aromatic N) is 1. The molecule has 6 aromatic carbocycles. The summed E-state index contributed by atoms with van der Waals surface area (Å²) in [6.45, 7) is 2.77. The number of pyridine rings is 2. The first-order valence-corrected chi connectivity index (χ1v) is 20.0. The predicted octanol–water partition coefficient (Wildman–Crippen LogP) is 8.27. The number of phenolic OH excluding ortho intramolecular Hbond substituents is 1. The second-order valence-corrected chi connectivity index (χ2v) is 15.1. The van der Waals surface area contributed by atoms with Gasteiger partial charge in [0.05, 0.1) is 35.5 Å². The van der Waals surface area contributed by atoms with Gasteiger partial charge < -0.3 is 41.6 Å². The number of carbonyl (C=O) groups is 2. The van der Waals surface area contributed by atoms with Crippen molar-refractivity contribution >= 4 is 50.7 Å². The van der Waals surface area contributed by atoms with E-state index in [-0.39, 0.29) is 29.3 Å². The number of aromatic amines is 1. The van der Waals surface area contributed by atoms with Gasteiger partial charge in [-0.3, -0.25) is 19.4 Å². The van der Waals surface area contributed by atoms with Crippen LogP contribution in [0, 0.1) is 6.92 Å². The van der Waals surface area contributed by atoms with Gasteiger partial charge in [0.25, 0.3) is 11.8 Å². The van der Waals surface area contributed by atoms with Crippen LogP contribution in [0.5, 0.6) is 11.5 Å². The first-order valence-electron chi connectivity index (χ1n) is 20.0. The number of ether oxygens (including phenoxy) is 1. The number of carbonyl (C=O) groups excluding carboxylic acids is 2. The van der Waals surface area contributed by atoms with Crippen LogP contribution in [-0.4, -0.2) is 45.6 Å². The van der Waals surface area contributed by atoms with Gasteiger partial charge in [0, 0.05) is 59.1 Å². The van der Waals surface area contributed by atoms with Crippen molar-refractivity contribution in [2.24, 2.45) is 5.73 Å². The van der Waals surface area contributed by atoms with Gasteiger partial charge in [-0.25, -0.2) is 0 Å². The summed E-state index contributed by atoms with van der Waals surface area (Å²) in [6.07, 6.45) is 1.18. The number of phenols is 1. The highest BCUT2D eigenvalue weighted by Gasteiger charge is 2.18. The molecule has 0 aliphatic rings. The van der Waals surface area contributed by atoms with Gasteiger partial charge >= 0.3 is 0 Å². The van der Waals surface area contributed by atoms with Gasteiger partial charge in [0.2, 0.25) is 5.56 Å². The molecule has 0 bridgehead atoms. The lowest BCUT2D eigenvalue weighted by Crippen LogP contribution is -2.21. The number of aliphatic hydroxyl groups excluding tert-OH is 1. The molecule has 0 aliphatic heterocycles. The maximum absolute atomic E-state index is 13.5. The molecule has 2 amide bonds. The van der Waals surface area contributed by atoms with Crippen molar-refractivity contribution in [3.8, 4) is 22.6 Å². The molecule has 12 nitrogen and oxygen atoms in total. The number of hydrogen-bond donors (Lipinski definition) is 7. The van der Waals surface area contributed by atoms with Crippen molar-refractivity contribution < 1.29 is 24.5 Å². The summed E-state index contributed by atoms with van der Waals surface area (Å²) < 4.78 is 5.39. The number of methoxy groups -OCH3 is 1. The van der Waals surface area contributed by atoms with E-state index in [1.807, 2.05) is 104 Å². The van der Waals surface area contributed by atoms with E-state index in [2.05, 4.69) is 32.0 Å². The van der Waals surface area contributed by atoms with Gasteiger partial charge in [-0.1, -0.05) is 66.7 Å². The quantitative estimate of drug-likeness (QED) is 0.0566. The van der Waals surface area contributed by atoms with Gasteiger partial charge in [-0.15, -0.1) is 0 Å². The highest BCUT2D eigenvalue weighted by molar-refractivity contribution is 6.08. The summed E-state index contributed by atoms with van der Waals surface area (Å²) in [5.41, 5.74) is 15.7. The summed E-state index contributed by atoms with van der Waals surface area (Å²) in [7, 11) is 1.60. The zero-order chi connectivity index (χ0) is 43.3. The first-order chi connectivity index (χ1) is 30.0. The van der Waals surface area contributed by atoms with Gasteiger partial charge in [0.1, 0.15) is 11.5 Å². The van der Waals surface area contributed by atoms with Crippen LogP contribution in [0.2, 0.25) is 0 Å². The molecule has 0 radical (unpaired) electrons. The number of nitrogens with one attached hydrogen (secondary N) is 4. The molecule has 0 saturated heterocycles. The molecule has 0 saturated carbocycles. The zero-order valence-corrected chi connectivity index (χ0v) is 34.0. The molecule has 0 spiro atoms. The summed E-state index contributed by atoms with van der Waals surface area (Å²) in [5.74, 6) is -0.214. The van der Waals surface area contributed by atoms with E-state index in [0.717, 1.165) is 50.0 Å². The van der Waals surface area contributed by atoms with E-state index in [1.54, 1.807) is 25.3 Å². The highest BCUT2D eigenvalue weighted by atomic mass is 16.5. The van der Waals surface area contributed by atoms with Crippen molar-refractivity contribution in [1.82, 2.24) is 15.3 Å². The van der Waals surface area contributed by atoms with Crippen molar-refractivity contribution in [1.29, 1.82) is 0 Å². The maximum Gasteiger partial charge on any atom is 0.255 e. The summed E-state index contributed by atoms with van der Waals surface area (Å²) in [4.78, 5) is 45.0. The number of primary amides is 1. The topological polar surface area (TPSA) is 192 Å². The average Bonchev–Trinajstić information content (AvgIpc) is 3.27. The number of rotatable bonds is 14. The molecular formula is C50H44N6O6. The standard InChI is InChI=1S/C50H44N6O6/c1-29-21-32(24-41-46(29)53-27-42(49(51)60)47(41)54-37-7-4-8-38(25-37)62-2)22-31-5-3-6-35(23-31)50(61)55-36-15-13-34(14-16-36)33-11-9-30(10-12-33)26-52-28-44(58)39-17-19-43(57)48-40(39)18-20-45(59)56-48/h3-21,23-25,27,44,52,57-58H,22,26,28H2,1-2H3,(H2,51,60)(H,53,54)(H,55,61)(H,56,59)/t44-/m0/s1. The molecule has 12 heteroatoms.